The summed E-state index contributed by atoms with van der Waals surface area (Å²) in [6.07, 6.45) is 2.52. The van der Waals surface area contributed by atoms with Gasteiger partial charge in [0.15, 0.2) is 11.6 Å². The SMILES string of the molecule is Cc1cc(C)cc(C(=O)N2CCCC(C(=O)N3CCC(Oc4ccc(F)cc4F)CC3)C2)c1. The first-order chi connectivity index (χ1) is 15.8. The lowest BCUT2D eigenvalue weighted by molar-refractivity contribution is -0.138. The Bertz CT molecular complexity index is 1010. The highest BCUT2D eigenvalue weighted by atomic mass is 19.1. The molecule has 2 aromatic rings. The molecule has 0 bridgehead atoms. The number of hydrogen-bond acceptors (Lipinski definition) is 3. The lowest BCUT2D eigenvalue weighted by Crippen LogP contribution is -2.49. The van der Waals surface area contributed by atoms with Crippen molar-refractivity contribution in [3.63, 3.8) is 0 Å². The molecule has 2 heterocycles. The maximum atomic E-state index is 13.9. The maximum Gasteiger partial charge on any atom is 0.253 e. The normalized spacial score (nSPS) is 19.5. The van der Waals surface area contributed by atoms with E-state index >= 15 is 0 Å². The van der Waals surface area contributed by atoms with Gasteiger partial charge in [-0.25, -0.2) is 8.78 Å². The summed E-state index contributed by atoms with van der Waals surface area (Å²) in [4.78, 5) is 29.8. The summed E-state index contributed by atoms with van der Waals surface area (Å²) in [6.45, 7) is 6.09. The molecule has 5 nitrogen and oxygen atoms in total. The summed E-state index contributed by atoms with van der Waals surface area (Å²) < 4.78 is 32.6. The largest absolute Gasteiger partial charge is 0.487 e. The van der Waals surface area contributed by atoms with Crippen LogP contribution in [0, 0.1) is 31.4 Å². The summed E-state index contributed by atoms with van der Waals surface area (Å²) >= 11 is 0. The number of amides is 2. The van der Waals surface area contributed by atoms with Gasteiger partial charge in [0.1, 0.15) is 11.9 Å². The Balaban J connectivity index is 1.32. The first kappa shape index (κ1) is 23.2. The van der Waals surface area contributed by atoms with E-state index in [1.165, 1.54) is 12.1 Å². The second-order valence-electron chi connectivity index (χ2n) is 9.18. The molecule has 0 aliphatic carbocycles. The summed E-state index contributed by atoms with van der Waals surface area (Å²) in [7, 11) is 0. The highest BCUT2D eigenvalue weighted by Crippen LogP contribution is 2.26. The van der Waals surface area contributed by atoms with Gasteiger partial charge in [-0.05, 0) is 51.0 Å². The molecule has 2 aromatic carbocycles. The minimum atomic E-state index is -0.718. The maximum absolute atomic E-state index is 13.9. The average molecular weight is 457 g/mol. The second-order valence-corrected chi connectivity index (χ2v) is 9.18. The van der Waals surface area contributed by atoms with E-state index in [-0.39, 0.29) is 29.6 Å². The third-order valence-electron chi connectivity index (χ3n) is 6.47. The molecule has 176 valence electrons. The first-order valence-electron chi connectivity index (χ1n) is 11.6. The molecule has 4 rings (SSSR count). The Kier molecular flexibility index (Phi) is 6.96. The molecular weight excluding hydrogens is 426 g/mol. The van der Waals surface area contributed by atoms with Gasteiger partial charge in [0.25, 0.3) is 5.91 Å². The molecule has 0 N–H and O–H groups in total. The third kappa shape index (κ3) is 5.52. The monoisotopic (exact) mass is 456 g/mol. The van der Waals surface area contributed by atoms with Crippen molar-refractivity contribution in [2.45, 2.75) is 45.6 Å². The average Bonchev–Trinajstić information content (AvgIpc) is 2.80. The van der Waals surface area contributed by atoms with Gasteiger partial charge < -0.3 is 14.5 Å². The van der Waals surface area contributed by atoms with Crippen molar-refractivity contribution in [3.05, 3.63) is 64.7 Å². The Hall–Kier alpha value is -2.96. The minimum absolute atomic E-state index is 0.0206. The summed E-state index contributed by atoms with van der Waals surface area (Å²) in [5.74, 6) is -1.48. The van der Waals surface area contributed by atoms with Crippen LogP contribution in [0.4, 0.5) is 8.78 Å². The van der Waals surface area contributed by atoms with Crippen molar-refractivity contribution in [2.24, 2.45) is 5.92 Å². The van der Waals surface area contributed by atoms with Gasteiger partial charge >= 0.3 is 0 Å². The molecule has 0 saturated carbocycles. The fourth-order valence-electron chi connectivity index (χ4n) is 4.85. The fraction of sp³-hybridized carbons (Fsp3) is 0.462. The van der Waals surface area contributed by atoms with Gasteiger partial charge in [-0.2, -0.15) is 0 Å². The van der Waals surface area contributed by atoms with Crippen molar-refractivity contribution in [1.82, 2.24) is 9.80 Å². The lowest BCUT2D eigenvalue weighted by Gasteiger charge is -2.38. The first-order valence-corrected chi connectivity index (χ1v) is 11.6. The zero-order valence-corrected chi connectivity index (χ0v) is 19.2. The highest BCUT2D eigenvalue weighted by molar-refractivity contribution is 5.95. The quantitative estimate of drug-likeness (QED) is 0.681. The van der Waals surface area contributed by atoms with Gasteiger partial charge in [-0.3, -0.25) is 9.59 Å². The molecule has 7 heteroatoms. The third-order valence-corrected chi connectivity index (χ3v) is 6.47. The van der Waals surface area contributed by atoms with Gasteiger partial charge in [0.05, 0.1) is 5.92 Å². The number of carbonyl (C=O) groups is 2. The fourth-order valence-corrected chi connectivity index (χ4v) is 4.85. The van der Waals surface area contributed by atoms with E-state index in [1.807, 2.05) is 36.9 Å². The van der Waals surface area contributed by atoms with E-state index in [4.69, 9.17) is 4.74 Å². The van der Waals surface area contributed by atoms with Crippen LogP contribution >= 0.6 is 0 Å². The van der Waals surface area contributed by atoms with Crippen molar-refractivity contribution < 1.29 is 23.1 Å². The molecule has 2 saturated heterocycles. The zero-order valence-electron chi connectivity index (χ0n) is 19.2. The van der Waals surface area contributed by atoms with Gasteiger partial charge in [0, 0.05) is 50.7 Å². The molecule has 0 radical (unpaired) electrons. The number of carbonyl (C=O) groups excluding carboxylic acids is 2. The van der Waals surface area contributed by atoms with Crippen LogP contribution in [0.25, 0.3) is 0 Å². The molecule has 2 aliphatic rings. The number of likely N-dealkylation sites (tertiary alicyclic amines) is 2. The second kappa shape index (κ2) is 9.89. The number of aryl methyl sites for hydroxylation is 2. The van der Waals surface area contributed by atoms with Crippen LogP contribution < -0.4 is 4.74 Å². The molecule has 2 aliphatic heterocycles. The molecule has 0 spiro atoms. The van der Waals surface area contributed by atoms with E-state index in [0.717, 1.165) is 30.0 Å². The van der Waals surface area contributed by atoms with Crippen LogP contribution in [0.1, 0.15) is 47.2 Å². The molecule has 2 fully saturated rings. The smallest absolute Gasteiger partial charge is 0.253 e. The Morgan fingerprint density at radius 3 is 2.27 bits per heavy atom. The molecule has 33 heavy (non-hydrogen) atoms. The number of piperidine rings is 2. The lowest BCUT2D eigenvalue weighted by atomic mass is 9.94. The van der Waals surface area contributed by atoms with Crippen LogP contribution in [-0.4, -0.2) is 53.9 Å². The molecule has 1 unspecified atom stereocenters. The van der Waals surface area contributed by atoms with E-state index in [9.17, 15) is 18.4 Å². The standard InChI is InChI=1S/C26H30F2N2O3/c1-17-12-18(2)14-20(13-17)26(32)30-9-3-4-19(16-30)25(31)29-10-7-22(8-11-29)33-24-6-5-21(27)15-23(24)28/h5-6,12-15,19,22H,3-4,7-11,16H2,1-2H3. The van der Waals surface area contributed by atoms with Crippen LogP contribution in [0.3, 0.4) is 0 Å². The van der Waals surface area contributed by atoms with Crippen molar-refractivity contribution in [3.8, 4) is 5.75 Å². The summed E-state index contributed by atoms with van der Waals surface area (Å²) in [5.41, 5.74) is 2.77. The molecule has 2 amide bonds. The van der Waals surface area contributed by atoms with Crippen LogP contribution in [-0.2, 0) is 4.79 Å². The van der Waals surface area contributed by atoms with Crippen molar-refractivity contribution in [2.75, 3.05) is 26.2 Å². The number of hydrogen-bond donors (Lipinski definition) is 0. The predicted octanol–water partition coefficient (Wildman–Crippen LogP) is 4.50. The van der Waals surface area contributed by atoms with E-state index < -0.39 is 11.6 Å². The highest BCUT2D eigenvalue weighted by Gasteiger charge is 2.33. The topological polar surface area (TPSA) is 49.9 Å². The van der Waals surface area contributed by atoms with E-state index in [1.54, 1.807) is 4.90 Å². The van der Waals surface area contributed by atoms with E-state index in [0.29, 0.717) is 44.6 Å². The Morgan fingerprint density at radius 1 is 0.909 bits per heavy atom. The minimum Gasteiger partial charge on any atom is -0.487 e. The number of rotatable bonds is 4. The van der Waals surface area contributed by atoms with Gasteiger partial charge in [0.2, 0.25) is 5.91 Å². The number of halogens is 2. The number of nitrogens with zero attached hydrogens (tertiary/aromatic N) is 2. The van der Waals surface area contributed by atoms with Gasteiger partial charge in [-0.15, -0.1) is 0 Å². The van der Waals surface area contributed by atoms with Crippen molar-refractivity contribution in [1.29, 1.82) is 0 Å². The van der Waals surface area contributed by atoms with Crippen LogP contribution in [0.5, 0.6) is 5.75 Å². The zero-order chi connectivity index (χ0) is 23.5. The predicted molar refractivity (Wildman–Crippen MR) is 121 cm³/mol. The number of benzene rings is 2. The summed E-state index contributed by atoms with van der Waals surface area (Å²) in [5, 5.41) is 0. The van der Waals surface area contributed by atoms with E-state index in [2.05, 4.69) is 0 Å². The number of ether oxygens (including phenoxy) is 1. The van der Waals surface area contributed by atoms with Crippen LogP contribution in [0.15, 0.2) is 36.4 Å². The van der Waals surface area contributed by atoms with Crippen molar-refractivity contribution >= 4 is 11.8 Å². The molecule has 1 atom stereocenters. The van der Waals surface area contributed by atoms with Crippen LogP contribution in [0.2, 0.25) is 0 Å². The summed E-state index contributed by atoms with van der Waals surface area (Å²) in [6, 6.07) is 9.11. The Morgan fingerprint density at radius 2 is 1.61 bits per heavy atom. The molecular formula is C26H30F2N2O3. The Labute approximate surface area is 193 Å². The van der Waals surface area contributed by atoms with Gasteiger partial charge in [-0.1, -0.05) is 17.2 Å². The molecule has 0 aromatic heterocycles.